The molecule has 4 aromatic rings. The summed E-state index contributed by atoms with van der Waals surface area (Å²) in [6.07, 6.45) is 4.08. The van der Waals surface area contributed by atoms with Gasteiger partial charge in [-0.1, -0.05) is 37.3 Å². The second-order valence-electron chi connectivity index (χ2n) is 12.7. The van der Waals surface area contributed by atoms with Crippen LogP contribution in [0.15, 0.2) is 79.0 Å². The highest BCUT2D eigenvalue weighted by atomic mass is 32.2. The average Bonchev–Trinajstić information content (AvgIpc) is 3.35. The monoisotopic (exact) mass is 726 g/mol. The van der Waals surface area contributed by atoms with Crippen molar-refractivity contribution in [1.29, 1.82) is 0 Å². The van der Waals surface area contributed by atoms with Crippen LogP contribution in [0.1, 0.15) is 69.6 Å². The summed E-state index contributed by atoms with van der Waals surface area (Å²) in [4.78, 5) is 59.0. The third kappa shape index (κ3) is 8.72. The van der Waals surface area contributed by atoms with E-state index in [2.05, 4.69) is 32.2 Å². The quantitative estimate of drug-likeness (QED) is 0.119. The molecule has 0 saturated carbocycles. The molecule has 15 heteroatoms. The molecule has 1 fully saturated rings. The number of carbonyl (C=O) groups excluding carboxylic acids is 4. The average molecular weight is 727 g/mol. The number of aromatic nitrogens is 2. The van der Waals surface area contributed by atoms with Gasteiger partial charge in [0, 0.05) is 24.8 Å². The Morgan fingerprint density at radius 1 is 0.962 bits per heavy atom. The predicted molar refractivity (Wildman–Crippen MR) is 192 cm³/mol. The molecule has 2 aliphatic rings. The number of piperidine rings is 1. The van der Waals surface area contributed by atoms with Crippen LogP contribution in [0.4, 0.5) is 11.6 Å². The minimum atomic E-state index is -3.50. The third-order valence-electron chi connectivity index (χ3n) is 8.61. The summed E-state index contributed by atoms with van der Waals surface area (Å²) in [6, 6.07) is 21.3. The first kappa shape index (κ1) is 36.0. The van der Waals surface area contributed by atoms with Gasteiger partial charge < -0.3 is 14.8 Å². The Labute approximate surface area is 301 Å². The molecular weight excluding hydrogens is 689 g/mol. The number of nitrogens with one attached hydrogen (secondary N) is 3. The largest absolute Gasteiger partial charge is 0.494 e. The highest BCUT2D eigenvalue weighted by Gasteiger charge is 2.44. The molecule has 3 aromatic carbocycles. The molecule has 0 spiro atoms. The van der Waals surface area contributed by atoms with Crippen molar-refractivity contribution in [2.45, 2.75) is 51.2 Å². The molecule has 52 heavy (non-hydrogen) atoms. The highest BCUT2D eigenvalue weighted by molar-refractivity contribution is 7.92. The molecule has 6 rings (SSSR count). The van der Waals surface area contributed by atoms with E-state index in [0.717, 1.165) is 34.5 Å². The Morgan fingerprint density at radius 2 is 1.77 bits per heavy atom. The molecule has 4 amide bonds. The standard InChI is InChI=1S/C37H38N6O8S/c1-23(28-9-3-4-10-32(28)51-22-26-15-17-39-37(40-26)42-52(2,48)49)19-24-7-5-8-27(20-24)50-18-6-16-38-25-11-12-29-30(21-25)36(47)43(35(29)46)31-13-14-33(44)41-34(31)45/h3-5,7-12,15,17,20-21,23,31,38H,6,13-14,16,18-19,22H2,1-2H3,(H,39,40,42)(H,41,44,45). The molecule has 0 bridgehead atoms. The lowest BCUT2D eigenvalue weighted by Gasteiger charge is -2.27. The van der Waals surface area contributed by atoms with Crippen LogP contribution in [0.5, 0.6) is 11.5 Å². The fourth-order valence-corrected chi connectivity index (χ4v) is 6.59. The Morgan fingerprint density at radius 3 is 2.58 bits per heavy atom. The third-order valence-corrected chi connectivity index (χ3v) is 9.17. The van der Waals surface area contributed by atoms with Gasteiger partial charge in [0.25, 0.3) is 11.8 Å². The van der Waals surface area contributed by atoms with E-state index in [4.69, 9.17) is 9.47 Å². The van der Waals surface area contributed by atoms with Crippen molar-refractivity contribution in [1.82, 2.24) is 20.2 Å². The number of benzene rings is 3. The molecule has 2 atom stereocenters. The Hall–Kier alpha value is -5.83. The highest BCUT2D eigenvalue weighted by Crippen LogP contribution is 2.31. The van der Waals surface area contributed by atoms with Crippen molar-refractivity contribution in [3.05, 3.63) is 107 Å². The van der Waals surface area contributed by atoms with Crippen LogP contribution in [0.25, 0.3) is 0 Å². The number of rotatable bonds is 15. The lowest BCUT2D eigenvalue weighted by atomic mass is 9.93. The van der Waals surface area contributed by atoms with E-state index in [1.54, 1.807) is 24.3 Å². The fourth-order valence-electron chi connectivity index (χ4n) is 6.16. The number of carbonyl (C=O) groups is 4. The van der Waals surface area contributed by atoms with Crippen molar-refractivity contribution >= 4 is 45.3 Å². The second kappa shape index (κ2) is 15.6. The van der Waals surface area contributed by atoms with Gasteiger partial charge in [0.2, 0.25) is 27.8 Å². The van der Waals surface area contributed by atoms with Crippen molar-refractivity contribution in [3.8, 4) is 11.5 Å². The van der Waals surface area contributed by atoms with E-state index in [0.29, 0.717) is 36.7 Å². The maximum absolute atomic E-state index is 13.1. The van der Waals surface area contributed by atoms with Crippen LogP contribution in [0, 0.1) is 0 Å². The molecule has 1 saturated heterocycles. The smallest absolute Gasteiger partial charge is 0.262 e. The van der Waals surface area contributed by atoms with Crippen molar-refractivity contribution < 1.29 is 37.1 Å². The number of ether oxygens (including phenoxy) is 2. The summed E-state index contributed by atoms with van der Waals surface area (Å²) in [5.74, 6) is -0.601. The van der Waals surface area contributed by atoms with Crippen LogP contribution in [0.2, 0.25) is 0 Å². The lowest BCUT2D eigenvalue weighted by molar-refractivity contribution is -0.136. The number of para-hydroxylation sites is 1. The zero-order valence-electron chi connectivity index (χ0n) is 28.6. The molecular formula is C37H38N6O8S. The van der Waals surface area contributed by atoms with E-state index >= 15 is 0 Å². The van der Waals surface area contributed by atoms with E-state index in [-0.39, 0.29) is 42.4 Å². The zero-order chi connectivity index (χ0) is 36.8. The maximum Gasteiger partial charge on any atom is 0.262 e. The lowest BCUT2D eigenvalue weighted by Crippen LogP contribution is -2.54. The van der Waals surface area contributed by atoms with E-state index in [1.165, 1.54) is 6.20 Å². The van der Waals surface area contributed by atoms with Crippen LogP contribution >= 0.6 is 0 Å². The minimum absolute atomic E-state index is 0.0132. The first-order valence-electron chi connectivity index (χ1n) is 16.8. The van der Waals surface area contributed by atoms with Crippen molar-refractivity contribution in [2.24, 2.45) is 0 Å². The van der Waals surface area contributed by atoms with Gasteiger partial charge in [-0.3, -0.25) is 34.1 Å². The zero-order valence-corrected chi connectivity index (χ0v) is 29.4. The SMILES string of the molecule is CC(Cc1cccc(OCCCNc2ccc3c(c2)C(=O)N(C2CCC(=O)NC2=O)C3=O)c1)c1ccccc1OCc1ccnc(NS(C)(=O)=O)n1. The molecule has 1 aromatic heterocycles. The van der Waals surface area contributed by atoms with Gasteiger partial charge in [0.1, 0.15) is 24.1 Å². The number of amides is 4. The van der Waals surface area contributed by atoms with E-state index < -0.39 is 39.7 Å². The number of fused-ring (bicyclic) bond motifs is 1. The number of imide groups is 2. The summed E-state index contributed by atoms with van der Waals surface area (Å²) in [6.45, 7) is 3.25. The molecule has 0 radical (unpaired) electrons. The molecule has 2 aliphatic heterocycles. The summed E-state index contributed by atoms with van der Waals surface area (Å²) < 4.78 is 37.5. The number of nitrogens with zero attached hydrogens (tertiary/aromatic N) is 3. The van der Waals surface area contributed by atoms with Gasteiger partial charge in [0.05, 0.1) is 29.7 Å². The summed E-state index contributed by atoms with van der Waals surface area (Å²) in [5.41, 5.74) is 3.76. The number of hydrogen-bond acceptors (Lipinski definition) is 11. The Bertz CT molecular complexity index is 2120. The first-order chi connectivity index (χ1) is 24.9. The van der Waals surface area contributed by atoms with E-state index in [1.807, 2.05) is 48.5 Å². The summed E-state index contributed by atoms with van der Waals surface area (Å²) in [5, 5.41) is 5.47. The molecule has 3 N–H and O–H groups in total. The Kier molecular flexibility index (Phi) is 10.8. The number of hydrogen-bond donors (Lipinski definition) is 3. The van der Waals surface area contributed by atoms with Crippen LogP contribution in [0.3, 0.4) is 0 Å². The van der Waals surface area contributed by atoms with Gasteiger partial charge >= 0.3 is 0 Å². The molecule has 0 aliphatic carbocycles. The molecule has 14 nitrogen and oxygen atoms in total. The minimum Gasteiger partial charge on any atom is -0.494 e. The molecule has 270 valence electrons. The van der Waals surface area contributed by atoms with Crippen molar-refractivity contribution in [3.63, 3.8) is 0 Å². The summed E-state index contributed by atoms with van der Waals surface area (Å²) in [7, 11) is -3.50. The van der Waals surface area contributed by atoms with Gasteiger partial charge in [-0.15, -0.1) is 0 Å². The van der Waals surface area contributed by atoms with Gasteiger partial charge in [-0.2, -0.15) is 0 Å². The number of sulfonamides is 1. The fraction of sp³-hybridized carbons (Fsp3) is 0.297. The first-order valence-corrected chi connectivity index (χ1v) is 18.7. The van der Waals surface area contributed by atoms with Gasteiger partial charge in [0.15, 0.2) is 0 Å². The molecule has 3 heterocycles. The van der Waals surface area contributed by atoms with Crippen molar-refractivity contribution in [2.75, 3.05) is 29.4 Å². The predicted octanol–water partition coefficient (Wildman–Crippen LogP) is 4.06. The normalized spacial score (nSPS) is 16.3. The number of anilines is 2. The van der Waals surface area contributed by atoms with Crippen LogP contribution in [-0.2, 0) is 32.6 Å². The van der Waals surface area contributed by atoms with Crippen LogP contribution in [-0.4, -0.2) is 72.4 Å². The molecule has 2 unspecified atom stereocenters. The second-order valence-corrected chi connectivity index (χ2v) is 14.4. The topological polar surface area (TPSA) is 186 Å². The van der Waals surface area contributed by atoms with E-state index in [9.17, 15) is 27.6 Å². The van der Waals surface area contributed by atoms with Crippen LogP contribution < -0.4 is 24.8 Å². The van der Waals surface area contributed by atoms with Gasteiger partial charge in [-0.05, 0) is 78.8 Å². The van der Waals surface area contributed by atoms with Gasteiger partial charge in [-0.25, -0.2) is 18.4 Å². The summed E-state index contributed by atoms with van der Waals surface area (Å²) >= 11 is 0. The maximum atomic E-state index is 13.1. The Balaban J connectivity index is 0.981.